The van der Waals surface area contributed by atoms with Gasteiger partial charge in [-0.3, -0.25) is 9.69 Å². The maximum atomic E-state index is 10.5. The molecule has 1 aliphatic heterocycles. The Kier molecular flexibility index (Phi) is 2.44. The minimum Gasteiger partial charge on any atom is -0.480 e. The smallest absolute Gasteiger partial charge is 0.320 e. The van der Waals surface area contributed by atoms with Crippen LogP contribution in [0.25, 0.3) is 0 Å². The van der Waals surface area contributed by atoms with Gasteiger partial charge in [-0.15, -0.1) is 0 Å². The third-order valence-corrected chi connectivity index (χ3v) is 1.92. The first-order chi connectivity index (χ1) is 5.25. The van der Waals surface area contributed by atoms with Crippen LogP contribution in [0.2, 0.25) is 0 Å². The summed E-state index contributed by atoms with van der Waals surface area (Å²) in [6.45, 7) is 0.974. The molecule has 1 rings (SSSR count). The first-order valence-corrected chi connectivity index (χ1v) is 3.59. The number of carbonyl (C=O) groups is 1. The van der Waals surface area contributed by atoms with Gasteiger partial charge >= 0.3 is 5.97 Å². The summed E-state index contributed by atoms with van der Waals surface area (Å²) in [5.41, 5.74) is 0. The van der Waals surface area contributed by atoms with E-state index in [2.05, 4.69) is 0 Å². The summed E-state index contributed by atoms with van der Waals surface area (Å²) in [6.07, 6.45) is 1.57. The highest BCUT2D eigenvalue weighted by molar-refractivity contribution is 5.73. The highest BCUT2D eigenvalue weighted by Gasteiger charge is 2.29. The molecule has 0 aromatic heterocycles. The van der Waals surface area contributed by atoms with Crippen molar-refractivity contribution in [3.05, 3.63) is 0 Å². The summed E-state index contributed by atoms with van der Waals surface area (Å²) >= 11 is 0. The Labute approximate surface area is 65.0 Å². The predicted molar refractivity (Wildman–Crippen MR) is 37.8 cm³/mol. The standard InChI is InChI=1S/C7H10N2O2/c8-3-5-9-4-1-2-6(9)7(10)11/h6H,1-2,4-5H2,(H,10,11). The Bertz CT molecular complexity index is 197. The van der Waals surface area contributed by atoms with Crippen molar-refractivity contribution in [1.82, 2.24) is 4.90 Å². The van der Waals surface area contributed by atoms with Crippen LogP contribution in [0.1, 0.15) is 12.8 Å². The van der Waals surface area contributed by atoms with E-state index < -0.39 is 12.0 Å². The van der Waals surface area contributed by atoms with E-state index in [9.17, 15) is 4.79 Å². The number of hydrogen-bond donors (Lipinski definition) is 1. The van der Waals surface area contributed by atoms with Gasteiger partial charge in [0.25, 0.3) is 0 Å². The summed E-state index contributed by atoms with van der Waals surface area (Å²) < 4.78 is 0. The minimum absolute atomic E-state index is 0.233. The summed E-state index contributed by atoms with van der Waals surface area (Å²) in [6, 6.07) is 1.54. The number of carboxylic acid groups (broad SMARTS) is 1. The number of aliphatic carboxylic acids is 1. The molecule has 1 unspecified atom stereocenters. The van der Waals surface area contributed by atoms with Crippen LogP contribution < -0.4 is 0 Å². The monoisotopic (exact) mass is 154 g/mol. The molecule has 0 bridgehead atoms. The Balaban J connectivity index is 2.52. The van der Waals surface area contributed by atoms with Crippen molar-refractivity contribution in [1.29, 1.82) is 5.26 Å². The van der Waals surface area contributed by atoms with Gasteiger partial charge in [0.05, 0.1) is 12.6 Å². The van der Waals surface area contributed by atoms with Gasteiger partial charge in [-0.05, 0) is 12.8 Å². The zero-order chi connectivity index (χ0) is 8.27. The summed E-state index contributed by atoms with van der Waals surface area (Å²) in [5.74, 6) is -0.808. The lowest BCUT2D eigenvalue weighted by atomic mass is 10.2. The number of carboxylic acids is 1. The fraction of sp³-hybridized carbons (Fsp3) is 0.714. The second-order valence-electron chi connectivity index (χ2n) is 2.62. The van der Waals surface area contributed by atoms with E-state index in [4.69, 9.17) is 10.4 Å². The van der Waals surface area contributed by atoms with Gasteiger partial charge in [0.1, 0.15) is 6.04 Å². The maximum absolute atomic E-state index is 10.5. The van der Waals surface area contributed by atoms with E-state index in [1.807, 2.05) is 6.07 Å². The highest BCUT2D eigenvalue weighted by Crippen LogP contribution is 2.15. The van der Waals surface area contributed by atoms with Crippen LogP contribution in [-0.4, -0.2) is 35.1 Å². The minimum atomic E-state index is -0.808. The third-order valence-electron chi connectivity index (χ3n) is 1.92. The lowest BCUT2D eigenvalue weighted by Crippen LogP contribution is -2.35. The summed E-state index contributed by atoms with van der Waals surface area (Å²) in [5, 5.41) is 17.0. The molecule has 0 radical (unpaired) electrons. The molecule has 11 heavy (non-hydrogen) atoms. The third kappa shape index (κ3) is 1.69. The molecule has 1 N–H and O–H groups in total. The van der Waals surface area contributed by atoms with Gasteiger partial charge in [0.15, 0.2) is 0 Å². The number of rotatable bonds is 2. The lowest BCUT2D eigenvalue weighted by molar-refractivity contribution is -0.141. The predicted octanol–water partition coefficient (Wildman–Crippen LogP) is 0.0590. The van der Waals surface area contributed by atoms with Crippen LogP contribution in [0.4, 0.5) is 0 Å². The summed E-state index contributed by atoms with van der Waals surface area (Å²) in [7, 11) is 0. The normalized spacial score (nSPS) is 24.8. The van der Waals surface area contributed by atoms with E-state index in [1.54, 1.807) is 4.90 Å². The van der Waals surface area contributed by atoms with Gasteiger partial charge in [0.2, 0.25) is 0 Å². The van der Waals surface area contributed by atoms with Gasteiger partial charge in [-0.2, -0.15) is 5.26 Å². The number of nitriles is 1. The van der Waals surface area contributed by atoms with Crippen LogP contribution >= 0.6 is 0 Å². The van der Waals surface area contributed by atoms with Crippen molar-refractivity contribution in [2.75, 3.05) is 13.1 Å². The largest absolute Gasteiger partial charge is 0.480 e. The molecule has 0 spiro atoms. The second kappa shape index (κ2) is 3.35. The topological polar surface area (TPSA) is 64.3 Å². The van der Waals surface area contributed by atoms with Crippen LogP contribution in [0.5, 0.6) is 0 Å². The van der Waals surface area contributed by atoms with Gasteiger partial charge in [0, 0.05) is 6.54 Å². The van der Waals surface area contributed by atoms with E-state index in [1.165, 1.54) is 0 Å². The van der Waals surface area contributed by atoms with E-state index in [0.717, 1.165) is 13.0 Å². The number of likely N-dealkylation sites (tertiary alicyclic amines) is 1. The average molecular weight is 154 g/mol. The molecule has 0 aromatic carbocycles. The first-order valence-electron chi connectivity index (χ1n) is 3.59. The van der Waals surface area contributed by atoms with E-state index in [0.29, 0.717) is 6.42 Å². The van der Waals surface area contributed by atoms with Crippen LogP contribution in [-0.2, 0) is 4.79 Å². The molecule has 1 heterocycles. The molecule has 0 amide bonds. The summed E-state index contributed by atoms with van der Waals surface area (Å²) in [4.78, 5) is 12.2. The Morgan fingerprint density at radius 1 is 1.82 bits per heavy atom. The number of nitrogens with zero attached hydrogens (tertiary/aromatic N) is 2. The van der Waals surface area contributed by atoms with Crippen LogP contribution in [0.15, 0.2) is 0 Å². The quantitative estimate of drug-likeness (QED) is 0.571. The maximum Gasteiger partial charge on any atom is 0.320 e. The molecular weight excluding hydrogens is 144 g/mol. The van der Waals surface area contributed by atoms with Crippen LogP contribution in [0, 0.1) is 11.3 Å². The molecule has 1 aliphatic rings. The van der Waals surface area contributed by atoms with Gasteiger partial charge < -0.3 is 5.11 Å². The SMILES string of the molecule is N#CCN1CCCC1C(=O)O. The Hall–Kier alpha value is -1.08. The molecule has 0 saturated carbocycles. The van der Waals surface area contributed by atoms with Crippen molar-refractivity contribution in [3.8, 4) is 6.07 Å². The average Bonchev–Trinajstić information content (AvgIpc) is 2.36. The highest BCUT2D eigenvalue weighted by atomic mass is 16.4. The fourth-order valence-electron chi connectivity index (χ4n) is 1.39. The molecule has 1 saturated heterocycles. The Morgan fingerprint density at radius 2 is 2.55 bits per heavy atom. The van der Waals surface area contributed by atoms with Crippen molar-refractivity contribution < 1.29 is 9.90 Å². The zero-order valence-corrected chi connectivity index (χ0v) is 6.16. The second-order valence-corrected chi connectivity index (χ2v) is 2.62. The molecule has 60 valence electrons. The van der Waals surface area contributed by atoms with Gasteiger partial charge in [-0.1, -0.05) is 0 Å². The molecule has 4 nitrogen and oxygen atoms in total. The molecule has 1 atom stereocenters. The molecule has 1 fully saturated rings. The molecule has 0 aliphatic carbocycles. The first kappa shape index (κ1) is 8.02. The van der Waals surface area contributed by atoms with E-state index in [-0.39, 0.29) is 6.54 Å². The lowest BCUT2D eigenvalue weighted by Gasteiger charge is -2.16. The molecular formula is C7H10N2O2. The Morgan fingerprint density at radius 3 is 3.09 bits per heavy atom. The number of hydrogen-bond acceptors (Lipinski definition) is 3. The van der Waals surface area contributed by atoms with Crippen molar-refractivity contribution in [3.63, 3.8) is 0 Å². The van der Waals surface area contributed by atoms with Crippen molar-refractivity contribution in [2.45, 2.75) is 18.9 Å². The van der Waals surface area contributed by atoms with Crippen molar-refractivity contribution >= 4 is 5.97 Å². The van der Waals surface area contributed by atoms with Gasteiger partial charge in [-0.25, -0.2) is 0 Å². The zero-order valence-electron chi connectivity index (χ0n) is 6.16. The molecule has 0 aromatic rings. The van der Waals surface area contributed by atoms with Crippen molar-refractivity contribution in [2.24, 2.45) is 0 Å². The fourth-order valence-corrected chi connectivity index (χ4v) is 1.39. The molecule has 4 heteroatoms. The van der Waals surface area contributed by atoms with E-state index >= 15 is 0 Å². The van der Waals surface area contributed by atoms with Crippen LogP contribution in [0.3, 0.4) is 0 Å².